The van der Waals surface area contributed by atoms with E-state index in [1.54, 1.807) is 7.11 Å². The molecule has 1 N–H and O–H groups in total. The van der Waals surface area contributed by atoms with Gasteiger partial charge in [-0.05, 0) is 32.6 Å². The number of esters is 1. The molecule has 0 aromatic heterocycles. The average molecular weight is 280 g/mol. The molecule has 0 unspecified atom stereocenters. The molecular weight excluding hydrogens is 256 g/mol. The highest BCUT2D eigenvalue weighted by molar-refractivity contribution is 5.90. The molecule has 112 valence electrons. The van der Waals surface area contributed by atoms with Crippen LogP contribution < -0.4 is 0 Å². The van der Waals surface area contributed by atoms with Crippen molar-refractivity contribution in [3.05, 3.63) is 12.2 Å². The fourth-order valence-corrected chi connectivity index (χ4v) is 4.82. The highest BCUT2D eigenvalue weighted by Gasteiger charge is 2.63. The first-order valence-electron chi connectivity index (χ1n) is 7.46. The Bertz CT molecular complexity index is 459. The van der Waals surface area contributed by atoms with E-state index in [-0.39, 0.29) is 41.0 Å². The van der Waals surface area contributed by atoms with Crippen LogP contribution in [0, 0.1) is 17.3 Å². The number of methoxy groups -OCH3 is 1. The lowest BCUT2D eigenvalue weighted by atomic mass is 9.51. The minimum Gasteiger partial charge on any atom is -0.458 e. The third-order valence-corrected chi connectivity index (χ3v) is 6.18. The van der Waals surface area contributed by atoms with Gasteiger partial charge in [0.1, 0.15) is 6.10 Å². The van der Waals surface area contributed by atoms with Gasteiger partial charge in [-0.25, -0.2) is 4.79 Å². The SMILES string of the molecule is C=C1C(=O)O[C@@H]2[C@@H]3[C@@](C)(CC[C@@H]12)[C@H](O)CC[C@@]3(C)OC. The van der Waals surface area contributed by atoms with E-state index < -0.39 is 0 Å². The molecule has 0 amide bonds. The Morgan fingerprint density at radius 2 is 2.05 bits per heavy atom. The molecule has 1 saturated heterocycles. The molecule has 3 rings (SSSR count). The van der Waals surface area contributed by atoms with E-state index in [9.17, 15) is 9.90 Å². The van der Waals surface area contributed by atoms with Crippen LogP contribution >= 0.6 is 0 Å². The van der Waals surface area contributed by atoms with Crippen molar-refractivity contribution in [2.75, 3.05) is 7.11 Å². The largest absolute Gasteiger partial charge is 0.458 e. The molecule has 3 fully saturated rings. The third kappa shape index (κ3) is 1.64. The monoisotopic (exact) mass is 280 g/mol. The molecule has 4 heteroatoms. The Hall–Kier alpha value is -0.870. The highest BCUT2D eigenvalue weighted by atomic mass is 16.6. The molecule has 2 saturated carbocycles. The smallest absolute Gasteiger partial charge is 0.334 e. The summed E-state index contributed by atoms with van der Waals surface area (Å²) in [6, 6.07) is 0. The van der Waals surface area contributed by atoms with E-state index in [2.05, 4.69) is 20.4 Å². The molecule has 2 aliphatic carbocycles. The standard InChI is InChI=1S/C16H24O4/c1-9-10-5-7-15(2)11(17)6-8-16(3,19-4)13(15)12(10)20-14(9)18/h10-13,17H,1,5-8H2,2-4H3/t10-,11+,12-,13+,15-,16+/m0/s1. The van der Waals surface area contributed by atoms with E-state index in [0.717, 1.165) is 25.7 Å². The van der Waals surface area contributed by atoms with Crippen molar-refractivity contribution in [1.29, 1.82) is 0 Å². The van der Waals surface area contributed by atoms with E-state index >= 15 is 0 Å². The van der Waals surface area contributed by atoms with E-state index in [1.807, 2.05) is 0 Å². The lowest BCUT2D eigenvalue weighted by molar-refractivity contribution is -0.220. The molecule has 3 aliphatic rings. The summed E-state index contributed by atoms with van der Waals surface area (Å²) in [6.45, 7) is 8.09. The first kappa shape index (κ1) is 14.1. The summed E-state index contributed by atoms with van der Waals surface area (Å²) in [5.41, 5.74) is -0.0207. The molecule has 1 heterocycles. The van der Waals surface area contributed by atoms with Gasteiger partial charge in [0.25, 0.3) is 0 Å². The van der Waals surface area contributed by atoms with Crippen molar-refractivity contribution in [2.24, 2.45) is 17.3 Å². The zero-order valence-corrected chi connectivity index (χ0v) is 12.5. The van der Waals surface area contributed by atoms with E-state index in [1.165, 1.54) is 0 Å². The number of fused-ring (bicyclic) bond motifs is 3. The highest BCUT2D eigenvalue weighted by Crippen LogP contribution is 2.59. The van der Waals surface area contributed by atoms with Gasteiger partial charge >= 0.3 is 5.97 Å². The van der Waals surface area contributed by atoms with Crippen LogP contribution in [0.15, 0.2) is 12.2 Å². The van der Waals surface area contributed by atoms with Crippen LogP contribution in [0.1, 0.15) is 39.5 Å². The number of ether oxygens (including phenoxy) is 2. The fraction of sp³-hybridized carbons (Fsp3) is 0.812. The molecular formula is C16H24O4. The summed E-state index contributed by atoms with van der Waals surface area (Å²) >= 11 is 0. The zero-order chi connectivity index (χ0) is 14.7. The molecule has 20 heavy (non-hydrogen) atoms. The Labute approximate surface area is 120 Å². The molecule has 0 aromatic carbocycles. The van der Waals surface area contributed by atoms with Crippen LogP contribution in [0.3, 0.4) is 0 Å². The van der Waals surface area contributed by atoms with Crippen molar-refractivity contribution in [3.8, 4) is 0 Å². The predicted molar refractivity (Wildman–Crippen MR) is 74.0 cm³/mol. The minimum absolute atomic E-state index is 0.0192. The van der Waals surface area contributed by atoms with Crippen molar-refractivity contribution >= 4 is 5.97 Å². The number of aliphatic hydroxyl groups is 1. The first-order chi connectivity index (χ1) is 9.33. The number of carbonyl (C=O) groups excluding carboxylic acids is 1. The topological polar surface area (TPSA) is 55.8 Å². The third-order valence-electron chi connectivity index (χ3n) is 6.18. The Kier molecular flexibility index (Phi) is 3.04. The van der Waals surface area contributed by atoms with Gasteiger partial charge in [0.05, 0.1) is 11.7 Å². The molecule has 0 bridgehead atoms. The Morgan fingerprint density at radius 1 is 1.35 bits per heavy atom. The van der Waals surface area contributed by atoms with Crippen LogP contribution in [0.2, 0.25) is 0 Å². The number of rotatable bonds is 1. The van der Waals surface area contributed by atoms with Gasteiger partial charge in [0.15, 0.2) is 0 Å². The number of hydrogen-bond acceptors (Lipinski definition) is 4. The first-order valence-corrected chi connectivity index (χ1v) is 7.46. The van der Waals surface area contributed by atoms with Gasteiger partial charge in [-0.15, -0.1) is 0 Å². The number of aliphatic hydroxyl groups excluding tert-OH is 1. The van der Waals surface area contributed by atoms with Crippen molar-refractivity contribution < 1.29 is 19.4 Å². The summed E-state index contributed by atoms with van der Waals surface area (Å²) < 4.78 is 11.4. The second kappa shape index (κ2) is 4.31. The predicted octanol–water partition coefficient (Wildman–Crippen LogP) is 2.06. The van der Waals surface area contributed by atoms with Gasteiger partial charge in [0, 0.05) is 29.9 Å². The van der Waals surface area contributed by atoms with Crippen LogP contribution in [-0.2, 0) is 14.3 Å². The fourth-order valence-electron chi connectivity index (χ4n) is 4.82. The normalized spacial score (nSPS) is 51.4. The summed E-state index contributed by atoms with van der Waals surface area (Å²) in [5.74, 6) is -0.172. The number of hydrogen-bond donors (Lipinski definition) is 1. The Morgan fingerprint density at radius 3 is 2.70 bits per heavy atom. The van der Waals surface area contributed by atoms with Crippen LogP contribution in [-0.4, -0.2) is 36.0 Å². The maximum absolute atomic E-state index is 11.9. The van der Waals surface area contributed by atoms with Crippen LogP contribution in [0.4, 0.5) is 0 Å². The van der Waals surface area contributed by atoms with Gasteiger partial charge in [0.2, 0.25) is 0 Å². The molecule has 0 radical (unpaired) electrons. The van der Waals surface area contributed by atoms with E-state index in [4.69, 9.17) is 9.47 Å². The van der Waals surface area contributed by atoms with Crippen LogP contribution in [0.25, 0.3) is 0 Å². The Balaban J connectivity index is 2.04. The molecule has 1 aliphatic heterocycles. The summed E-state index contributed by atoms with van der Waals surface area (Å²) in [7, 11) is 1.72. The van der Waals surface area contributed by atoms with Crippen LogP contribution in [0.5, 0.6) is 0 Å². The maximum atomic E-state index is 11.9. The van der Waals surface area contributed by atoms with E-state index in [0.29, 0.717) is 5.57 Å². The van der Waals surface area contributed by atoms with Crippen molar-refractivity contribution in [2.45, 2.75) is 57.3 Å². The second-order valence-electron chi connectivity index (χ2n) is 7.10. The van der Waals surface area contributed by atoms with Crippen molar-refractivity contribution in [1.82, 2.24) is 0 Å². The van der Waals surface area contributed by atoms with Crippen molar-refractivity contribution in [3.63, 3.8) is 0 Å². The van der Waals surface area contributed by atoms with Gasteiger partial charge in [-0.3, -0.25) is 0 Å². The summed E-state index contributed by atoms with van der Waals surface area (Å²) in [5, 5.41) is 10.5. The van der Waals surface area contributed by atoms with Gasteiger partial charge in [-0.1, -0.05) is 13.5 Å². The summed E-state index contributed by atoms with van der Waals surface area (Å²) in [6.07, 6.45) is 2.72. The quantitative estimate of drug-likeness (QED) is 0.590. The number of carbonyl (C=O) groups is 1. The van der Waals surface area contributed by atoms with Gasteiger partial charge < -0.3 is 14.6 Å². The average Bonchev–Trinajstić information content (AvgIpc) is 2.70. The summed E-state index contributed by atoms with van der Waals surface area (Å²) in [4.78, 5) is 11.9. The molecule has 4 nitrogen and oxygen atoms in total. The minimum atomic E-state index is -0.359. The lowest BCUT2D eigenvalue weighted by Gasteiger charge is -2.58. The maximum Gasteiger partial charge on any atom is 0.334 e. The second-order valence-corrected chi connectivity index (χ2v) is 7.10. The molecule has 0 aromatic rings. The molecule has 0 spiro atoms. The molecule has 6 atom stereocenters. The van der Waals surface area contributed by atoms with Gasteiger partial charge in [-0.2, -0.15) is 0 Å². The zero-order valence-electron chi connectivity index (χ0n) is 12.5. The lowest BCUT2D eigenvalue weighted by Crippen LogP contribution is -2.62.